The number of aryl methyl sites for hydroxylation is 1. The van der Waals surface area contributed by atoms with Gasteiger partial charge >= 0.3 is 0 Å². The lowest BCUT2D eigenvalue weighted by Gasteiger charge is -2.27. The minimum Gasteiger partial charge on any atom is -0.354 e. The van der Waals surface area contributed by atoms with E-state index in [-0.39, 0.29) is 17.2 Å². The molecule has 1 aliphatic heterocycles. The molecule has 0 unspecified atom stereocenters. The van der Waals surface area contributed by atoms with Gasteiger partial charge in [-0.1, -0.05) is 27.7 Å². The second-order valence-electron chi connectivity index (χ2n) is 6.86. The van der Waals surface area contributed by atoms with Gasteiger partial charge < -0.3 is 10.2 Å². The number of hydrogen-bond donors (Lipinski definition) is 1. The van der Waals surface area contributed by atoms with Gasteiger partial charge in [0, 0.05) is 25.6 Å². The average Bonchev–Trinajstić information content (AvgIpc) is 2.73. The Hall–Kier alpha value is -1.85. The fourth-order valence-corrected chi connectivity index (χ4v) is 2.71. The zero-order valence-corrected chi connectivity index (χ0v) is 14.1. The van der Waals surface area contributed by atoms with Gasteiger partial charge in [-0.25, -0.2) is 0 Å². The Morgan fingerprint density at radius 3 is 2.68 bits per heavy atom. The zero-order chi connectivity index (χ0) is 16.5. The molecule has 1 aliphatic rings. The first kappa shape index (κ1) is 16.5. The molecule has 122 valence electrons. The van der Waals surface area contributed by atoms with Crippen molar-refractivity contribution in [3.05, 3.63) is 17.5 Å². The van der Waals surface area contributed by atoms with Crippen LogP contribution in [-0.4, -0.2) is 45.6 Å². The van der Waals surface area contributed by atoms with Crippen LogP contribution in [-0.2, 0) is 17.3 Å². The monoisotopic (exact) mass is 306 g/mol. The van der Waals surface area contributed by atoms with Crippen LogP contribution in [0.25, 0.3) is 0 Å². The minimum atomic E-state index is -0.400. The zero-order valence-electron chi connectivity index (χ0n) is 14.1. The maximum absolute atomic E-state index is 12.9. The van der Waals surface area contributed by atoms with Crippen molar-refractivity contribution in [2.24, 2.45) is 7.05 Å². The van der Waals surface area contributed by atoms with Crippen LogP contribution < -0.4 is 5.32 Å². The summed E-state index contributed by atoms with van der Waals surface area (Å²) in [5, 5.41) is 7.33. The molecule has 6 heteroatoms. The molecule has 0 radical (unpaired) electrons. The second-order valence-corrected chi connectivity index (χ2v) is 6.86. The lowest BCUT2D eigenvalue weighted by molar-refractivity contribution is -0.124. The van der Waals surface area contributed by atoms with E-state index in [1.807, 2.05) is 13.0 Å². The summed E-state index contributed by atoms with van der Waals surface area (Å²) in [6.45, 7) is 9.34. The van der Waals surface area contributed by atoms with E-state index in [0.29, 0.717) is 25.2 Å². The predicted molar refractivity (Wildman–Crippen MR) is 84.7 cm³/mol. The maximum Gasteiger partial charge on any atom is 0.272 e. The molecule has 0 spiro atoms. The molecule has 0 aromatic carbocycles. The topological polar surface area (TPSA) is 67.2 Å². The van der Waals surface area contributed by atoms with Crippen molar-refractivity contribution < 1.29 is 9.59 Å². The highest BCUT2D eigenvalue weighted by atomic mass is 16.2. The van der Waals surface area contributed by atoms with Crippen molar-refractivity contribution in [2.45, 2.75) is 52.0 Å². The molecular weight excluding hydrogens is 280 g/mol. The number of rotatable bonds is 2. The Morgan fingerprint density at radius 2 is 2.14 bits per heavy atom. The molecule has 0 aliphatic carbocycles. The van der Waals surface area contributed by atoms with Gasteiger partial charge in [0.25, 0.3) is 5.91 Å². The summed E-state index contributed by atoms with van der Waals surface area (Å²) in [5.74, 6) is -0.180. The molecule has 1 aromatic rings. The molecule has 1 N–H and O–H groups in total. The van der Waals surface area contributed by atoms with E-state index in [1.165, 1.54) is 0 Å². The number of nitrogens with one attached hydrogen (secondary N) is 1. The fraction of sp³-hybridized carbons (Fsp3) is 0.688. The van der Waals surface area contributed by atoms with Crippen LogP contribution in [0.2, 0.25) is 0 Å². The number of carbonyl (C=O) groups is 2. The third-order valence-electron chi connectivity index (χ3n) is 4.07. The SMILES string of the molecule is CC[C@@H]1C(=O)NCCCN1C(=O)c1cc(C(C)(C)C)nn1C. The third-order valence-corrected chi connectivity index (χ3v) is 4.07. The molecule has 1 saturated heterocycles. The predicted octanol–water partition coefficient (Wildman–Crippen LogP) is 1.46. The number of hydrogen-bond acceptors (Lipinski definition) is 3. The largest absolute Gasteiger partial charge is 0.354 e. The van der Waals surface area contributed by atoms with Crippen LogP contribution in [0.4, 0.5) is 0 Å². The molecule has 2 rings (SSSR count). The molecule has 1 fully saturated rings. The number of aromatic nitrogens is 2. The number of carbonyl (C=O) groups excluding carboxylic acids is 2. The first-order chi connectivity index (χ1) is 10.3. The molecular formula is C16H26N4O2. The molecule has 22 heavy (non-hydrogen) atoms. The fourth-order valence-electron chi connectivity index (χ4n) is 2.71. The smallest absolute Gasteiger partial charge is 0.272 e. The second kappa shape index (κ2) is 6.10. The van der Waals surface area contributed by atoms with Crippen molar-refractivity contribution in [3.8, 4) is 0 Å². The summed E-state index contributed by atoms with van der Waals surface area (Å²) in [4.78, 5) is 26.7. The summed E-state index contributed by atoms with van der Waals surface area (Å²) < 4.78 is 1.62. The standard InChI is InChI=1S/C16H26N4O2/c1-6-11-14(21)17-8-7-9-20(11)15(22)12-10-13(16(2,3)4)18-19(12)5/h10-11H,6-9H2,1-5H3,(H,17,21)/t11-/m1/s1. The Balaban J connectivity index is 2.33. The third kappa shape index (κ3) is 3.15. The summed E-state index contributed by atoms with van der Waals surface area (Å²) in [6, 6.07) is 1.45. The van der Waals surface area contributed by atoms with E-state index in [9.17, 15) is 9.59 Å². The van der Waals surface area contributed by atoms with E-state index >= 15 is 0 Å². The summed E-state index contributed by atoms with van der Waals surface area (Å²) >= 11 is 0. The first-order valence-corrected chi connectivity index (χ1v) is 7.89. The van der Waals surface area contributed by atoms with E-state index < -0.39 is 6.04 Å². The lowest BCUT2D eigenvalue weighted by atomic mass is 9.92. The van der Waals surface area contributed by atoms with Gasteiger partial charge in [-0.3, -0.25) is 14.3 Å². The highest BCUT2D eigenvalue weighted by molar-refractivity contribution is 5.96. The van der Waals surface area contributed by atoms with Gasteiger partial charge in [0.05, 0.1) is 5.69 Å². The summed E-state index contributed by atoms with van der Waals surface area (Å²) in [6.07, 6.45) is 1.39. The molecule has 6 nitrogen and oxygen atoms in total. The van der Waals surface area contributed by atoms with Crippen molar-refractivity contribution >= 4 is 11.8 Å². The average molecular weight is 306 g/mol. The molecule has 2 amide bonds. The maximum atomic E-state index is 12.9. The highest BCUT2D eigenvalue weighted by Gasteiger charge is 2.32. The minimum absolute atomic E-state index is 0.0634. The van der Waals surface area contributed by atoms with Crippen molar-refractivity contribution in [1.82, 2.24) is 20.0 Å². The Bertz CT molecular complexity index is 571. The normalized spacial score (nSPS) is 19.8. The molecule has 1 atom stereocenters. The highest BCUT2D eigenvalue weighted by Crippen LogP contribution is 2.23. The number of nitrogens with zero attached hydrogens (tertiary/aromatic N) is 3. The van der Waals surface area contributed by atoms with Crippen molar-refractivity contribution in [1.29, 1.82) is 0 Å². The van der Waals surface area contributed by atoms with Crippen LogP contribution in [0.3, 0.4) is 0 Å². The van der Waals surface area contributed by atoms with Gasteiger partial charge in [-0.2, -0.15) is 5.10 Å². The molecule has 0 saturated carbocycles. The molecule has 1 aromatic heterocycles. The van der Waals surface area contributed by atoms with E-state index in [2.05, 4.69) is 31.2 Å². The van der Waals surface area contributed by atoms with Crippen LogP contribution in [0.15, 0.2) is 6.07 Å². The van der Waals surface area contributed by atoms with Gasteiger partial charge in [0.2, 0.25) is 5.91 Å². The summed E-state index contributed by atoms with van der Waals surface area (Å²) in [5.41, 5.74) is 1.31. The van der Waals surface area contributed by atoms with Gasteiger partial charge in [0.15, 0.2) is 0 Å². The van der Waals surface area contributed by atoms with Crippen LogP contribution in [0.1, 0.15) is 56.7 Å². The van der Waals surface area contributed by atoms with Crippen molar-refractivity contribution in [2.75, 3.05) is 13.1 Å². The number of amides is 2. The first-order valence-electron chi connectivity index (χ1n) is 7.89. The van der Waals surface area contributed by atoms with Gasteiger partial charge in [0.1, 0.15) is 11.7 Å². The van der Waals surface area contributed by atoms with Crippen LogP contribution in [0.5, 0.6) is 0 Å². The van der Waals surface area contributed by atoms with Crippen molar-refractivity contribution in [3.63, 3.8) is 0 Å². The van der Waals surface area contributed by atoms with Gasteiger partial charge in [-0.05, 0) is 18.9 Å². The Labute approximate surface area is 131 Å². The van der Waals surface area contributed by atoms with E-state index in [0.717, 1.165) is 12.1 Å². The summed E-state index contributed by atoms with van der Waals surface area (Å²) in [7, 11) is 1.78. The Kier molecular flexibility index (Phi) is 4.58. The van der Waals surface area contributed by atoms with Gasteiger partial charge in [-0.15, -0.1) is 0 Å². The van der Waals surface area contributed by atoms with Crippen LogP contribution >= 0.6 is 0 Å². The quantitative estimate of drug-likeness (QED) is 0.899. The van der Waals surface area contributed by atoms with Crippen LogP contribution in [0, 0.1) is 0 Å². The molecule has 0 bridgehead atoms. The Morgan fingerprint density at radius 1 is 1.45 bits per heavy atom. The molecule has 2 heterocycles. The lowest BCUT2D eigenvalue weighted by Crippen LogP contribution is -2.47. The van der Waals surface area contributed by atoms with E-state index in [1.54, 1.807) is 16.6 Å². The van der Waals surface area contributed by atoms with E-state index in [4.69, 9.17) is 0 Å².